The molecule has 5 heteroatoms. The van der Waals surface area contributed by atoms with E-state index in [0.717, 1.165) is 41.0 Å². The fraction of sp³-hybridized carbons (Fsp3) is 0.750. The smallest absolute Gasteiger partial charge is 0.224 e. The molecule has 0 spiro atoms. The summed E-state index contributed by atoms with van der Waals surface area (Å²) in [6.07, 6.45) is 8.63. The molecule has 0 radical (unpaired) electrons. The quantitative estimate of drug-likeness (QED) is 0.801. The molecule has 116 valence electrons. The first kappa shape index (κ1) is 15.1. The maximum absolute atomic E-state index is 4.60. The molecule has 3 rings (SSSR count). The number of nitrogens with zero attached hydrogens (tertiary/aromatic N) is 2. The lowest BCUT2D eigenvalue weighted by Gasteiger charge is -2.29. The highest BCUT2D eigenvalue weighted by molar-refractivity contribution is 9.10. The zero-order valence-electron chi connectivity index (χ0n) is 12.9. The third kappa shape index (κ3) is 3.33. The summed E-state index contributed by atoms with van der Waals surface area (Å²) in [6, 6.07) is 0.477. The molecule has 2 N–H and O–H groups in total. The largest absolute Gasteiger partial charge is 0.366 e. The molecular weight excluding hydrogens is 328 g/mol. The molecule has 2 fully saturated rings. The lowest BCUT2D eigenvalue weighted by molar-refractivity contribution is 0.304. The lowest BCUT2D eigenvalue weighted by atomic mass is 9.84. The van der Waals surface area contributed by atoms with Crippen molar-refractivity contribution < 1.29 is 0 Å². The lowest BCUT2D eigenvalue weighted by Crippen LogP contribution is -2.30. The zero-order valence-corrected chi connectivity index (χ0v) is 14.5. The van der Waals surface area contributed by atoms with E-state index in [2.05, 4.69) is 50.4 Å². The Bertz CT molecular complexity index is 493. The van der Waals surface area contributed by atoms with Crippen molar-refractivity contribution in [2.24, 2.45) is 17.8 Å². The molecule has 0 aromatic carbocycles. The predicted octanol–water partition coefficient (Wildman–Crippen LogP) is 4.30. The fourth-order valence-corrected chi connectivity index (χ4v) is 4.32. The Labute approximate surface area is 135 Å². The highest BCUT2D eigenvalue weighted by atomic mass is 79.9. The van der Waals surface area contributed by atoms with E-state index in [4.69, 9.17) is 0 Å². The molecule has 2 bridgehead atoms. The topological polar surface area (TPSA) is 49.8 Å². The van der Waals surface area contributed by atoms with Crippen LogP contribution in [0.5, 0.6) is 0 Å². The number of halogens is 1. The van der Waals surface area contributed by atoms with Gasteiger partial charge in [0.15, 0.2) is 0 Å². The average molecular weight is 353 g/mol. The third-order valence-corrected chi connectivity index (χ3v) is 5.66. The van der Waals surface area contributed by atoms with Gasteiger partial charge in [-0.15, -0.1) is 0 Å². The predicted molar refractivity (Wildman–Crippen MR) is 90.5 cm³/mol. The van der Waals surface area contributed by atoms with Crippen molar-refractivity contribution >= 4 is 27.7 Å². The van der Waals surface area contributed by atoms with Crippen LogP contribution in [-0.2, 0) is 0 Å². The average Bonchev–Trinajstić information content (AvgIpc) is 3.10. The summed E-state index contributed by atoms with van der Waals surface area (Å²) in [6.45, 7) is 5.35. The van der Waals surface area contributed by atoms with Crippen molar-refractivity contribution in [2.45, 2.75) is 52.0 Å². The molecule has 2 aliphatic carbocycles. The first-order valence-corrected chi connectivity index (χ1v) is 8.99. The van der Waals surface area contributed by atoms with Gasteiger partial charge in [0.1, 0.15) is 5.82 Å². The molecule has 2 saturated carbocycles. The first-order chi connectivity index (χ1) is 10.2. The number of hydrogen-bond acceptors (Lipinski definition) is 4. The Morgan fingerprint density at radius 2 is 2.24 bits per heavy atom. The highest BCUT2D eigenvalue weighted by Crippen LogP contribution is 2.49. The van der Waals surface area contributed by atoms with Gasteiger partial charge in [0.25, 0.3) is 0 Å². The van der Waals surface area contributed by atoms with Crippen LogP contribution in [0, 0.1) is 17.8 Å². The molecule has 0 amide bonds. The van der Waals surface area contributed by atoms with Gasteiger partial charge >= 0.3 is 0 Å². The Morgan fingerprint density at radius 1 is 1.38 bits per heavy atom. The van der Waals surface area contributed by atoms with Crippen LogP contribution in [0.1, 0.15) is 46.0 Å². The van der Waals surface area contributed by atoms with Gasteiger partial charge < -0.3 is 10.6 Å². The Kier molecular flexibility index (Phi) is 4.67. The molecule has 0 aliphatic heterocycles. The molecular formula is C16H25BrN4. The van der Waals surface area contributed by atoms with Gasteiger partial charge in [-0.2, -0.15) is 4.98 Å². The van der Waals surface area contributed by atoms with E-state index >= 15 is 0 Å². The number of hydrogen-bond donors (Lipinski definition) is 2. The van der Waals surface area contributed by atoms with Gasteiger partial charge in [0, 0.05) is 18.8 Å². The van der Waals surface area contributed by atoms with E-state index in [1.807, 2.05) is 6.20 Å². The molecule has 4 unspecified atom stereocenters. The number of aromatic nitrogens is 2. The summed E-state index contributed by atoms with van der Waals surface area (Å²) < 4.78 is 0.944. The second-order valence-electron chi connectivity index (χ2n) is 6.59. The molecule has 1 aromatic heterocycles. The van der Waals surface area contributed by atoms with E-state index < -0.39 is 0 Å². The van der Waals surface area contributed by atoms with Crippen molar-refractivity contribution in [3.8, 4) is 0 Å². The van der Waals surface area contributed by atoms with Crippen molar-refractivity contribution in [2.75, 3.05) is 17.2 Å². The molecule has 21 heavy (non-hydrogen) atoms. The maximum atomic E-state index is 4.60. The Morgan fingerprint density at radius 3 is 2.90 bits per heavy atom. The van der Waals surface area contributed by atoms with Crippen molar-refractivity contribution in [3.05, 3.63) is 10.7 Å². The second kappa shape index (κ2) is 6.51. The minimum atomic E-state index is 0.477. The minimum absolute atomic E-state index is 0.477. The van der Waals surface area contributed by atoms with Crippen LogP contribution < -0.4 is 10.6 Å². The highest BCUT2D eigenvalue weighted by Gasteiger charge is 2.41. The normalized spacial score (nSPS) is 28.6. The maximum Gasteiger partial charge on any atom is 0.224 e. The van der Waals surface area contributed by atoms with E-state index in [0.29, 0.717) is 12.0 Å². The number of fused-ring (bicyclic) bond motifs is 2. The fourth-order valence-electron chi connectivity index (χ4n) is 4.02. The van der Waals surface area contributed by atoms with E-state index in [-0.39, 0.29) is 0 Å². The zero-order chi connectivity index (χ0) is 14.8. The summed E-state index contributed by atoms with van der Waals surface area (Å²) in [4.78, 5) is 8.91. The number of anilines is 2. The van der Waals surface area contributed by atoms with E-state index in [1.165, 1.54) is 25.7 Å². The van der Waals surface area contributed by atoms with Gasteiger partial charge in [0.05, 0.1) is 4.47 Å². The van der Waals surface area contributed by atoms with Crippen molar-refractivity contribution in [1.82, 2.24) is 9.97 Å². The summed E-state index contributed by atoms with van der Waals surface area (Å²) in [7, 11) is 0. The van der Waals surface area contributed by atoms with Crippen LogP contribution in [0.25, 0.3) is 0 Å². The Balaban J connectivity index is 1.66. The SMILES string of the molecule is CCCNc1ncc(Br)c(NC(C)C2CC3CCC2C3)n1. The molecule has 4 atom stereocenters. The number of nitrogens with one attached hydrogen (secondary N) is 2. The molecule has 1 heterocycles. The summed E-state index contributed by atoms with van der Waals surface area (Å²) in [5.74, 6) is 4.34. The van der Waals surface area contributed by atoms with Gasteiger partial charge in [-0.3, -0.25) is 0 Å². The van der Waals surface area contributed by atoms with E-state index in [1.54, 1.807) is 0 Å². The second-order valence-corrected chi connectivity index (χ2v) is 7.44. The van der Waals surface area contributed by atoms with Gasteiger partial charge in [-0.25, -0.2) is 4.98 Å². The van der Waals surface area contributed by atoms with Crippen LogP contribution in [0.2, 0.25) is 0 Å². The van der Waals surface area contributed by atoms with Crippen LogP contribution in [0.4, 0.5) is 11.8 Å². The molecule has 2 aliphatic rings. The van der Waals surface area contributed by atoms with Crippen molar-refractivity contribution in [3.63, 3.8) is 0 Å². The minimum Gasteiger partial charge on any atom is -0.366 e. The Hall–Kier alpha value is -0.840. The van der Waals surface area contributed by atoms with Crippen LogP contribution in [-0.4, -0.2) is 22.6 Å². The summed E-state index contributed by atoms with van der Waals surface area (Å²) in [5, 5.41) is 6.86. The van der Waals surface area contributed by atoms with E-state index in [9.17, 15) is 0 Å². The third-order valence-electron chi connectivity index (χ3n) is 5.08. The van der Waals surface area contributed by atoms with Crippen LogP contribution >= 0.6 is 15.9 Å². The molecule has 1 aromatic rings. The van der Waals surface area contributed by atoms with Crippen LogP contribution in [0.15, 0.2) is 10.7 Å². The molecule has 4 nitrogen and oxygen atoms in total. The summed E-state index contributed by atoms with van der Waals surface area (Å²) in [5.41, 5.74) is 0. The summed E-state index contributed by atoms with van der Waals surface area (Å²) >= 11 is 3.56. The van der Waals surface area contributed by atoms with Gasteiger partial charge in [-0.1, -0.05) is 13.3 Å². The monoisotopic (exact) mass is 352 g/mol. The first-order valence-electron chi connectivity index (χ1n) is 8.20. The van der Waals surface area contributed by atoms with Crippen LogP contribution in [0.3, 0.4) is 0 Å². The number of rotatable bonds is 6. The van der Waals surface area contributed by atoms with Crippen molar-refractivity contribution in [1.29, 1.82) is 0 Å². The van der Waals surface area contributed by atoms with Gasteiger partial charge in [-0.05, 0) is 66.3 Å². The molecule has 0 saturated heterocycles. The standard InChI is InChI=1S/C16H25BrN4/c1-3-6-18-16-19-9-14(17)15(21-16)20-10(2)13-8-11-4-5-12(13)7-11/h9-13H,3-8H2,1-2H3,(H2,18,19,20,21). The van der Waals surface area contributed by atoms with Gasteiger partial charge in [0.2, 0.25) is 5.95 Å².